The van der Waals surface area contributed by atoms with Crippen LogP contribution in [0.25, 0.3) is 99.2 Å². The van der Waals surface area contributed by atoms with Crippen molar-refractivity contribution in [2.45, 2.75) is 0 Å². The number of nitrogens with zero attached hydrogens (tertiary/aromatic N) is 2. The quantitative estimate of drug-likeness (QED) is 0.181. The average molecular weight is 737 g/mol. The molecule has 0 saturated heterocycles. The molecule has 58 heavy (non-hydrogen) atoms. The van der Waals surface area contributed by atoms with Crippen molar-refractivity contribution < 1.29 is 0 Å². The van der Waals surface area contributed by atoms with Crippen LogP contribution in [0.2, 0.25) is 0 Å². The van der Waals surface area contributed by atoms with Gasteiger partial charge in [0.05, 0.1) is 33.1 Å². The monoisotopic (exact) mass is 736 g/mol. The summed E-state index contributed by atoms with van der Waals surface area (Å²) in [6.07, 6.45) is 0. The Morgan fingerprint density at radius 3 is 1.57 bits per heavy atom. The highest BCUT2D eigenvalue weighted by Crippen LogP contribution is 2.55. The fourth-order valence-electron chi connectivity index (χ4n) is 9.80. The molecule has 9 aromatic carbocycles. The second kappa shape index (κ2) is 11.8. The molecule has 2 aliphatic heterocycles. The van der Waals surface area contributed by atoms with Crippen molar-refractivity contribution in [3.05, 3.63) is 203 Å². The van der Waals surface area contributed by atoms with Gasteiger partial charge in [0.2, 0.25) is 0 Å². The van der Waals surface area contributed by atoms with E-state index in [1.807, 2.05) is 0 Å². The molecule has 0 radical (unpaired) electrons. The van der Waals surface area contributed by atoms with Gasteiger partial charge in [-0.3, -0.25) is 0 Å². The number of hydrogen-bond acceptors (Lipinski definition) is 2. The van der Waals surface area contributed by atoms with Crippen molar-refractivity contribution in [2.24, 2.45) is 9.98 Å². The molecule has 4 heteroatoms. The van der Waals surface area contributed by atoms with Crippen LogP contribution in [0.5, 0.6) is 0 Å². The van der Waals surface area contributed by atoms with Crippen LogP contribution in [-0.4, -0.2) is 9.97 Å². The number of fused-ring (bicyclic) bond motifs is 12. The summed E-state index contributed by atoms with van der Waals surface area (Å²) in [5.41, 5.74) is 17.8. The molecule has 0 aliphatic carbocycles. The van der Waals surface area contributed by atoms with Crippen molar-refractivity contribution in [3.8, 4) is 55.6 Å². The summed E-state index contributed by atoms with van der Waals surface area (Å²) in [4.78, 5) is 18.7. The lowest BCUT2D eigenvalue weighted by Crippen LogP contribution is -2.02. The summed E-state index contributed by atoms with van der Waals surface area (Å²) >= 11 is 0. The molecule has 13 rings (SSSR count). The van der Waals surface area contributed by atoms with Crippen LogP contribution in [0.1, 0.15) is 0 Å². The molecule has 0 atom stereocenters. The highest BCUT2D eigenvalue weighted by Gasteiger charge is 2.31. The molecule has 0 spiro atoms. The maximum Gasteiger partial charge on any atom is 0.0817 e. The molecule has 0 fully saturated rings. The van der Waals surface area contributed by atoms with Gasteiger partial charge in [0.1, 0.15) is 0 Å². The third-order valence-corrected chi connectivity index (χ3v) is 12.3. The lowest BCUT2D eigenvalue weighted by atomic mass is 9.80. The maximum absolute atomic E-state index is 5.40. The maximum atomic E-state index is 5.40. The Morgan fingerprint density at radius 2 is 0.879 bits per heavy atom. The zero-order valence-corrected chi connectivity index (χ0v) is 31.2. The molecule has 0 bridgehead atoms. The Balaban J connectivity index is 1.27. The van der Waals surface area contributed by atoms with Gasteiger partial charge in [0, 0.05) is 70.8 Å². The summed E-state index contributed by atoms with van der Waals surface area (Å²) in [7, 11) is 0. The Hall–Kier alpha value is -7.82. The van der Waals surface area contributed by atoms with E-state index in [1.54, 1.807) is 0 Å². The smallest absolute Gasteiger partial charge is 0.0817 e. The van der Waals surface area contributed by atoms with Gasteiger partial charge in [-0.1, -0.05) is 146 Å². The summed E-state index contributed by atoms with van der Waals surface area (Å²) in [6, 6.07) is 65.6. The van der Waals surface area contributed by atoms with Gasteiger partial charge in [0.25, 0.3) is 0 Å². The number of benzene rings is 9. The third-order valence-electron chi connectivity index (χ3n) is 12.3. The van der Waals surface area contributed by atoms with Crippen LogP contribution in [-0.2, 0) is 0 Å². The molecule has 0 saturated carbocycles. The fraction of sp³-hybridized carbons (Fsp3) is 0. The average Bonchev–Trinajstić information content (AvgIpc) is 4.06. The first-order valence-electron chi connectivity index (χ1n) is 19.8. The van der Waals surface area contributed by atoms with Crippen LogP contribution < -0.4 is 10.7 Å². The van der Waals surface area contributed by atoms with Gasteiger partial charge in [-0.15, -0.1) is 0 Å². The number of nitrogens with one attached hydrogen (secondary N) is 2. The number of aromatic nitrogens is 2. The molecule has 2 aliphatic rings. The number of rotatable bonds is 4. The zero-order valence-electron chi connectivity index (χ0n) is 31.2. The lowest BCUT2D eigenvalue weighted by Gasteiger charge is -2.22. The molecule has 4 nitrogen and oxygen atoms in total. The van der Waals surface area contributed by atoms with E-state index in [2.05, 4.69) is 192 Å². The van der Waals surface area contributed by atoms with E-state index >= 15 is 0 Å². The van der Waals surface area contributed by atoms with Crippen molar-refractivity contribution in [1.29, 1.82) is 0 Å². The largest absolute Gasteiger partial charge is 0.354 e. The topological polar surface area (TPSA) is 56.3 Å². The number of aromatic amines is 2. The van der Waals surface area contributed by atoms with E-state index in [9.17, 15) is 0 Å². The summed E-state index contributed by atoms with van der Waals surface area (Å²) in [5, 5.41) is 9.03. The minimum Gasteiger partial charge on any atom is -0.354 e. The molecule has 2 aromatic heterocycles. The van der Waals surface area contributed by atoms with Crippen molar-refractivity contribution in [1.82, 2.24) is 9.97 Å². The standard InChI is InChI=1S/C54H32N4/c1-3-13-31(14-4-1)33-23-25-38-35-17-7-10-20-42(35)56-52(38)47(33)41-28-30-45-50(51-46(55-45)29-27-40-37-19-9-12-22-44(37)58-54(40)51)48(41)49-34(32-15-5-2-6-16-32)24-26-39-36-18-8-11-21-43(36)57-53(39)49/h1-30,56-57H. The molecular formula is C54H32N4. The van der Waals surface area contributed by atoms with Gasteiger partial charge in [-0.2, -0.15) is 0 Å². The van der Waals surface area contributed by atoms with Crippen molar-refractivity contribution >= 4 is 55.0 Å². The van der Waals surface area contributed by atoms with Crippen LogP contribution in [0, 0.1) is 10.4 Å². The Morgan fingerprint density at radius 1 is 0.310 bits per heavy atom. The lowest BCUT2D eigenvalue weighted by molar-refractivity contribution is 1.36. The second-order valence-corrected chi connectivity index (χ2v) is 15.4. The minimum absolute atomic E-state index is 0.945. The first kappa shape index (κ1) is 31.4. The predicted octanol–water partition coefficient (Wildman–Crippen LogP) is 13.1. The van der Waals surface area contributed by atoms with Crippen LogP contribution in [0.3, 0.4) is 0 Å². The van der Waals surface area contributed by atoms with Gasteiger partial charge in [-0.25, -0.2) is 9.98 Å². The van der Waals surface area contributed by atoms with Crippen molar-refractivity contribution in [2.75, 3.05) is 0 Å². The number of H-pyrrole nitrogens is 2. The highest BCUT2D eigenvalue weighted by atomic mass is 14.8. The minimum atomic E-state index is 0.945. The summed E-state index contributed by atoms with van der Waals surface area (Å²) in [5.74, 6) is 0. The molecular weight excluding hydrogens is 705 g/mol. The highest BCUT2D eigenvalue weighted by molar-refractivity contribution is 6.22. The second-order valence-electron chi connectivity index (χ2n) is 15.4. The van der Waals surface area contributed by atoms with Gasteiger partial charge >= 0.3 is 0 Å². The Kier molecular flexibility index (Phi) is 6.41. The van der Waals surface area contributed by atoms with Gasteiger partial charge in [-0.05, 0) is 64.2 Å². The normalized spacial score (nSPS) is 12.4. The summed E-state index contributed by atoms with van der Waals surface area (Å²) in [6.45, 7) is 0. The first-order valence-corrected chi connectivity index (χ1v) is 19.8. The Labute approximate surface area is 332 Å². The zero-order chi connectivity index (χ0) is 37.9. The van der Waals surface area contributed by atoms with E-state index in [4.69, 9.17) is 9.98 Å². The van der Waals surface area contributed by atoms with Crippen LogP contribution in [0.4, 0.5) is 11.4 Å². The third kappa shape index (κ3) is 4.34. The van der Waals surface area contributed by atoms with E-state index in [-0.39, 0.29) is 0 Å². The van der Waals surface area contributed by atoms with Crippen LogP contribution in [0.15, 0.2) is 192 Å². The molecule has 268 valence electrons. The van der Waals surface area contributed by atoms with Gasteiger partial charge in [0.15, 0.2) is 0 Å². The van der Waals surface area contributed by atoms with E-state index < -0.39 is 0 Å². The van der Waals surface area contributed by atoms with E-state index in [0.717, 1.165) is 110 Å². The fourth-order valence-corrected chi connectivity index (χ4v) is 9.80. The van der Waals surface area contributed by atoms with E-state index in [1.165, 1.54) is 21.5 Å². The number of hydrogen-bond donors (Lipinski definition) is 2. The van der Waals surface area contributed by atoms with Crippen LogP contribution >= 0.6 is 0 Å². The SMILES string of the molecule is c1ccc(-c2ccc3c([nH]c4ccccc43)c2-c2ccc3c(c2-c2c(-c4ccccc4)ccc4c2[nH]c2ccccc24)-c2c4c(ccc2=N3)=c2ccccc2=N4)cc1. The first-order chi connectivity index (χ1) is 28.8. The Bertz CT molecular complexity index is 3780. The summed E-state index contributed by atoms with van der Waals surface area (Å²) < 4.78 is 0. The predicted molar refractivity (Wildman–Crippen MR) is 238 cm³/mol. The molecule has 2 N–H and O–H groups in total. The molecule has 0 amide bonds. The van der Waals surface area contributed by atoms with E-state index in [0.29, 0.717) is 0 Å². The molecule has 0 unspecified atom stereocenters. The molecule has 4 heterocycles. The number of para-hydroxylation sites is 3. The van der Waals surface area contributed by atoms with Crippen molar-refractivity contribution in [3.63, 3.8) is 0 Å². The molecule has 11 aromatic rings. The van der Waals surface area contributed by atoms with Gasteiger partial charge < -0.3 is 9.97 Å².